The molecule has 3 rings (SSSR count). The minimum Gasteiger partial charge on any atom is -0.335 e. The summed E-state index contributed by atoms with van der Waals surface area (Å²) in [5.41, 5.74) is 1.18. The van der Waals surface area contributed by atoms with Gasteiger partial charge in [-0.2, -0.15) is 0 Å². The van der Waals surface area contributed by atoms with Crippen LogP contribution in [0.2, 0.25) is 4.34 Å². The number of thiophene rings is 1. The number of hydrogen-bond donors (Lipinski definition) is 1. The van der Waals surface area contributed by atoms with Gasteiger partial charge in [-0.1, -0.05) is 17.7 Å². The zero-order valence-corrected chi connectivity index (χ0v) is 14.4. The quantitative estimate of drug-likeness (QED) is 0.778. The molecule has 0 unspecified atom stereocenters. The van der Waals surface area contributed by atoms with E-state index in [1.165, 1.54) is 5.56 Å². The maximum Gasteiger partial charge on any atom is 0.223 e. The molecular formula is C17H20ClN3OS. The van der Waals surface area contributed by atoms with E-state index in [4.69, 9.17) is 11.6 Å². The van der Waals surface area contributed by atoms with Crippen molar-refractivity contribution >= 4 is 28.8 Å². The maximum atomic E-state index is 12.1. The molecule has 0 spiro atoms. The van der Waals surface area contributed by atoms with Gasteiger partial charge >= 0.3 is 0 Å². The molecule has 0 saturated carbocycles. The molecule has 6 heteroatoms. The molecule has 0 radical (unpaired) electrons. The number of likely N-dealkylation sites (tertiary alicyclic amines) is 1. The fourth-order valence-corrected chi connectivity index (χ4v) is 4.01. The average Bonchev–Trinajstić information content (AvgIpc) is 3.12. The molecule has 1 fully saturated rings. The maximum absolute atomic E-state index is 12.1. The standard InChI is InChI=1S/C17H20ClN3OS/c18-16-5-4-15(23-16)12-21-14(3-6-17(21)22)7-9-20-11-13-2-1-8-19-10-13/h1-2,4-5,8,10,14,20H,3,6-7,9,11-12H2/t14-/m1/s1. The fourth-order valence-electron chi connectivity index (χ4n) is 2.92. The molecule has 1 amide bonds. The number of halogens is 1. The van der Waals surface area contributed by atoms with Crippen LogP contribution in [0, 0.1) is 0 Å². The lowest BCUT2D eigenvalue weighted by Crippen LogP contribution is -2.34. The van der Waals surface area contributed by atoms with Crippen LogP contribution in [0.1, 0.15) is 29.7 Å². The number of carbonyl (C=O) groups excluding carboxylic acids is 1. The summed E-state index contributed by atoms with van der Waals surface area (Å²) < 4.78 is 0.779. The van der Waals surface area contributed by atoms with Gasteiger partial charge in [-0.05, 0) is 43.1 Å². The van der Waals surface area contributed by atoms with E-state index >= 15 is 0 Å². The first-order valence-corrected chi connectivity index (χ1v) is 9.05. The molecule has 0 aromatic carbocycles. The minimum atomic E-state index is 0.256. The summed E-state index contributed by atoms with van der Waals surface area (Å²) in [4.78, 5) is 19.4. The lowest BCUT2D eigenvalue weighted by Gasteiger charge is -2.24. The number of hydrogen-bond acceptors (Lipinski definition) is 4. The number of carbonyl (C=O) groups is 1. The van der Waals surface area contributed by atoms with Gasteiger partial charge in [-0.15, -0.1) is 11.3 Å². The van der Waals surface area contributed by atoms with Crippen molar-refractivity contribution < 1.29 is 4.79 Å². The molecule has 1 N–H and O–H groups in total. The zero-order valence-electron chi connectivity index (χ0n) is 12.9. The third kappa shape index (κ3) is 4.53. The van der Waals surface area contributed by atoms with Crippen LogP contribution in [0.3, 0.4) is 0 Å². The van der Waals surface area contributed by atoms with Crippen molar-refractivity contribution in [1.29, 1.82) is 0 Å². The second kappa shape index (κ2) is 7.90. The molecule has 1 aliphatic rings. The van der Waals surface area contributed by atoms with Gasteiger partial charge in [0.25, 0.3) is 0 Å². The molecule has 0 bridgehead atoms. The summed E-state index contributed by atoms with van der Waals surface area (Å²) in [5.74, 6) is 0.256. The first-order chi connectivity index (χ1) is 11.2. The number of pyridine rings is 1. The second-order valence-corrected chi connectivity index (χ2v) is 7.55. The first-order valence-electron chi connectivity index (χ1n) is 7.85. The van der Waals surface area contributed by atoms with E-state index in [2.05, 4.69) is 16.4 Å². The van der Waals surface area contributed by atoms with E-state index in [1.54, 1.807) is 17.5 Å². The Hall–Kier alpha value is -1.43. The molecule has 23 heavy (non-hydrogen) atoms. The van der Waals surface area contributed by atoms with Crippen LogP contribution in [-0.2, 0) is 17.9 Å². The van der Waals surface area contributed by atoms with E-state index < -0.39 is 0 Å². The van der Waals surface area contributed by atoms with Gasteiger partial charge in [0.2, 0.25) is 5.91 Å². The molecule has 1 aliphatic heterocycles. The molecule has 2 aromatic heterocycles. The summed E-state index contributed by atoms with van der Waals surface area (Å²) in [6, 6.07) is 8.24. The Bertz CT molecular complexity index is 646. The van der Waals surface area contributed by atoms with Crippen molar-refractivity contribution in [3.63, 3.8) is 0 Å². The summed E-state index contributed by atoms with van der Waals surface area (Å²) in [6.45, 7) is 2.40. The van der Waals surface area contributed by atoms with Crippen molar-refractivity contribution in [2.45, 2.75) is 38.4 Å². The highest BCUT2D eigenvalue weighted by Crippen LogP contribution is 2.28. The predicted molar refractivity (Wildman–Crippen MR) is 93.5 cm³/mol. The van der Waals surface area contributed by atoms with E-state index in [-0.39, 0.29) is 5.91 Å². The molecule has 122 valence electrons. The van der Waals surface area contributed by atoms with Crippen LogP contribution in [-0.4, -0.2) is 28.4 Å². The predicted octanol–water partition coefficient (Wildman–Crippen LogP) is 3.47. The van der Waals surface area contributed by atoms with E-state index in [1.807, 2.05) is 29.3 Å². The largest absolute Gasteiger partial charge is 0.335 e. The van der Waals surface area contributed by atoms with E-state index in [0.29, 0.717) is 19.0 Å². The fraction of sp³-hybridized carbons (Fsp3) is 0.412. The van der Waals surface area contributed by atoms with Crippen LogP contribution in [0.5, 0.6) is 0 Å². The van der Waals surface area contributed by atoms with Gasteiger partial charge in [0.1, 0.15) is 0 Å². The molecule has 0 aliphatic carbocycles. The number of nitrogens with zero attached hydrogens (tertiary/aromatic N) is 2. The van der Waals surface area contributed by atoms with Crippen molar-refractivity contribution in [2.24, 2.45) is 0 Å². The molecule has 3 heterocycles. The number of amides is 1. The van der Waals surface area contributed by atoms with Crippen LogP contribution >= 0.6 is 22.9 Å². The smallest absolute Gasteiger partial charge is 0.223 e. The summed E-state index contributed by atoms with van der Waals surface area (Å²) in [7, 11) is 0. The van der Waals surface area contributed by atoms with Gasteiger partial charge in [-0.3, -0.25) is 9.78 Å². The second-order valence-electron chi connectivity index (χ2n) is 5.75. The van der Waals surface area contributed by atoms with Crippen molar-refractivity contribution in [3.8, 4) is 0 Å². The lowest BCUT2D eigenvalue weighted by atomic mass is 10.1. The Morgan fingerprint density at radius 2 is 2.30 bits per heavy atom. The molecule has 1 atom stereocenters. The highest BCUT2D eigenvalue weighted by atomic mass is 35.5. The monoisotopic (exact) mass is 349 g/mol. The normalized spacial score (nSPS) is 17.9. The van der Waals surface area contributed by atoms with E-state index in [0.717, 1.165) is 35.1 Å². The number of nitrogens with one attached hydrogen (secondary N) is 1. The number of aromatic nitrogens is 1. The average molecular weight is 350 g/mol. The van der Waals surface area contributed by atoms with Gasteiger partial charge in [-0.25, -0.2) is 0 Å². The Morgan fingerprint density at radius 1 is 1.39 bits per heavy atom. The first kappa shape index (κ1) is 16.4. The van der Waals surface area contributed by atoms with Gasteiger partial charge in [0, 0.05) is 36.3 Å². The SMILES string of the molecule is O=C1CC[C@H](CCNCc2cccnc2)N1Cc1ccc(Cl)s1. The minimum absolute atomic E-state index is 0.256. The van der Waals surface area contributed by atoms with Crippen LogP contribution in [0.15, 0.2) is 36.7 Å². The van der Waals surface area contributed by atoms with Gasteiger partial charge in [0.05, 0.1) is 10.9 Å². The van der Waals surface area contributed by atoms with Crippen LogP contribution in [0.4, 0.5) is 0 Å². The molecule has 2 aromatic rings. The topological polar surface area (TPSA) is 45.2 Å². The van der Waals surface area contributed by atoms with Gasteiger partial charge in [0.15, 0.2) is 0 Å². The third-order valence-corrected chi connectivity index (χ3v) is 5.33. The Labute approximate surface area is 145 Å². The van der Waals surface area contributed by atoms with Crippen molar-refractivity contribution in [3.05, 3.63) is 51.4 Å². The summed E-state index contributed by atoms with van der Waals surface area (Å²) >= 11 is 7.53. The Morgan fingerprint density at radius 3 is 3.04 bits per heavy atom. The van der Waals surface area contributed by atoms with E-state index in [9.17, 15) is 4.79 Å². The summed E-state index contributed by atoms with van der Waals surface area (Å²) in [6.07, 6.45) is 6.24. The Kier molecular flexibility index (Phi) is 5.65. The third-order valence-electron chi connectivity index (χ3n) is 4.11. The van der Waals surface area contributed by atoms with Gasteiger partial charge < -0.3 is 10.2 Å². The summed E-state index contributed by atoms with van der Waals surface area (Å²) in [5, 5.41) is 3.44. The molecule has 4 nitrogen and oxygen atoms in total. The number of rotatable bonds is 7. The van der Waals surface area contributed by atoms with Crippen LogP contribution < -0.4 is 5.32 Å². The molecule has 1 saturated heterocycles. The van der Waals surface area contributed by atoms with Crippen LogP contribution in [0.25, 0.3) is 0 Å². The lowest BCUT2D eigenvalue weighted by molar-refractivity contribution is -0.129. The van der Waals surface area contributed by atoms with Crippen molar-refractivity contribution in [1.82, 2.24) is 15.2 Å². The Balaban J connectivity index is 1.47. The zero-order chi connectivity index (χ0) is 16.1. The molecular weight excluding hydrogens is 330 g/mol. The van der Waals surface area contributed by atoms with Crippen molar-refractivity contribution in [2.75, 3.05) is 6.54 Å². The highest BCUT2D eigenvalue weighted by molar-refractivity contribution is 7.16. The highest BCUT2D eigenvalue weighted by Gasteiger charge is 2.30.